The van der Waals surface area contributed by atoms with Gasteiger partial charge in [-0.1, -0.05) is 13.8 Å². The number of rotatable bonds is 8. The minimum absolute atomic E-state index is 0.0647. The molecular formula is C11H23N3O2. The molecular weight excluding hydrogens is 206 g/mol. The van der Waals surface area contributed by atoms with E-state index in [4.69, 9.17) is 0 Å². The summed E-state index contributed by atoms with van der Waals surface area (Å²) in [7, 11) is 0. The van der Waals surface area contributed by atoms with E-state index in [1.54, 1.807) is 6.92 Å². The second-order valence-corrected chi connectivity index (χ2v) is 3.74. The van der Waals surface area contributed by atoms with Gasteiger partial charge in [0.25, 0.3) is 0 Å². The predicted octanol–water partition coefficient (Wildman–Crippen LogP) is 0.0169. The Morgan fingerprint density at radius 2 is 1.62 bits per heavy atom. The highest BCUT2D eigenvalue weighted by molar-refractivity contribution is 5.83. The third-order valence-electron chi connectivity index (χ3n) is 2.08. The second kappa shape index (κ2) is 9.15. The summed E-state index contributed by atoms with van der Waals surface area (Å²) in [5, 5.41) is 8.38. The molecule has 0 aromatic heterocycles. The molecule has 0 aliphatic heterocycles. The topological polar surface area (TPSA) is 70.2 Å². The van der Waals surface area contributed by atoms with Crippen LogP contribution in [0.5, 0.6) is 0 Å². The fourth-order valence-electron chi connectivity index (χ4n) is 1.07. The smallest absolute Gasteiger partial charge is 0.236 e. The highest BCUT2D eigenvalue weighted by atomic mass is 16.2. The predicted molar refractivity (Wildman–Crippen MR) is 64.1 cm³/mol. The van der Waals surface area contributed by atoms with Crippen LogP contribution in [0.15, 0.2) is 0 Å². The Morgan fingerprint density at radius 1 is 1.06 bits per heavy atom. The molecule has 5 heteroatoms. The average molecular weight is 229 g/mol. The van der Waals surface area contributed by atoms with E-state index >= 15 is 0 Å². The number of amides is 2. The van der Waals surface area contributed by atoms with Crippen LogP contribution in [-0.4, -0.2) is 37.5 Å². The lowest BCUT2D eigenvalue weighted by Gasteiger charge is -2.13. The van der Waals surface area contributed by atoms with Gasteiger partial charge in [-0.3, -0.25) is 14.9 Å². The summed E-state index contributed by atoms with van der Waals surface area (Å²) in [4.78, 5) is 22.7. The van der Waals surface area contributed by atoms with Gasteiger partial charge in [0.1, 0.15) is 0 Å². The molecule has 1 atom stereocenters. The minimum Gasteiger partial charge on any atom is -0.355 e. The van der Waals surface area contributed by atoms with Crippen molar-refractivity contribution < 1.29 is 9.59 Å². The van der Waals surface area contributed by atoms with Crippen LogP contribution in [-0.2, 0) is 9.59 Å². The molecule has 5 nitrogen and oxygen atoms in total. The summed E-state index contributed by atoms with van der Waals surface area (Å²) in [6, 6.07) is -0.334. The zero-order chi connectivity index (χ0) is 12.4. The van der Waals surface area contributed by atoms with Crippen LogP contribution in [0.1, 0.15) is 33.6 Å². The number of nitrogens with one attached hydrogen (secondary N) is 3. The Balaban J connectivity index is 3.66. The Bertz CT molecular complexity index is 219. The van der Waals surface area contributed by atoms with E-state index in [0.29, 0.717) is 13.1 Å². The average Bonchev–Trinajstić information content (AvgIpc) is 2.30. The summed E-state index contributed by atoms with van der Waals surface area (Å²) < 4.78 is 0. The van der Waals surface area contributed by atoms with Gasteiger partial charge in [-0.2, -0.15) is 0 Å². The first-order chi connectivity index (χ1) is 7.61. The largest absolute Gasteiger partial charge is 0.355 e. The molecule has 1 unspecified atom stereocenters. The molecule has 0 saturated carbocycles. The molecule has 0 bridgehead atoms. The molecule has 0 rings (SSSR count). The molecule has 2 amide bonds. The van der Waals surface area contributed by atoms with Crippen LogP contribution in [0.3, 0.4) is 0 Å². The van der Waals surface area contributed by atoms with Gasteiger partial charge in [0.15, 0.2) is 0 Å². The lowest BCUT2D eigenvalue weighted by Crippen LogP contribution is -2.46. The summed E-state index contributed by atoms with van der Waals surface area (Å²) >= 11 is 0. The van der Waals surface area contributed by atoms with Gasteiger partial charge in [-0.05, 0) is 19.8 Å². The van der Waals surface area contributed by atoms with Crippen molar-refractivity contribution in [1.82, 2.24) is 16.0 Å². The molecule has 0 aliphatic carbocycles. The SMILES string of the molecule is CCCNC(=O)CNC(C)C(=O)NCCC. The van der Waals surface area contributed by atoms with Crippen molar-refractivity contribution in [2.75, 3.05) is 19.6 Å². The third kappa shape index (κ3) is 7.23. The van der Waals surface area contributed by atoms with E-state index in [2.05, 4.69) is 16.0 Å². The van der Waals surface area contributed by atoms with Crippen molar-refractivity contribution in [2.45, 2.75) is 39.7 Å². The molecule has 16 heavy (non-hydrogen) atoms. The van der Waals surface area contributed by atoms with Gasteiger partial charge < -0.3 is 10.6 Å². The first kappa shape index (κ1) is 14.9. The maximum Gasteiger partial charge on any atom is 0.236 e. The van der Waals surface area contributed by atoms with Gasteiger partial charge in [0.05, 0.1) is 12.6 Å². The number of carbonyl (C=O) groups excluding carboxylic acids is 2. The van der Waals surface area contributed by atoms with Crippen LogP contribution < -0.4 is 16.0 Å². The van der Waals surface area contributed by atoms with Crippen LogP contribution in [0, 0.1) is 0 Å². The zero-order valence-electron chi connectivity index (χ0n) is 10.4. The first-order valence-electron chi connectivity index (χ1n) is 5.89. The van der Waals surface area contributed by atoms with E-state index in [0.717, 1.165) is 12.8 Å². The Labute approximate surface area is 97.4 Å². The molecule has 0 spiro atoms. The molecule has 0 saturated heterocycles. The molecule has 0 radical (unpaired) electrons. The quantitative estimate of drug-likeness (QED) is 0.549. The van der Waals surface area contributed by atoms with Crippen LogP contribution in [0.25, 0.3) is 0 Å². The molecule has 0 fully saturated rings. The molecule has 0 aromatic rings. The van der Waals surface area contributed by atoms with Crippen molar-refractivity contribution in [1.29, 1.82) is 0 Å². The van der Waals surface area contributed by atoms with Crippen molar-refractivity contribution >= 4 is 11.8 Å². The highest BCUT2D eigenvalue weighted by Crippen LogP contribution is 1.82. The van der Waals surface area contributed by atoms with Gasteiger partial charge in [0.2, 0.25) is 11.8 Å². The van der Waals surface area contributed by atoms with Crippen molar-refractivity contribution in [3.05, 3.63) is 0 Å². The van der Waals surface area contributed by atoms with Crippen LogP contribution >= 0.6 is 0 Å². The van der Waals surface area contributed by atoms with Crippen molar-refractivity contribution in [2.24, 2.45) is 0 Å². The van der Waals surface area contributed by atoms with E-state index < -0.39 is 0 Å². The lowest BCUT2D eigenvalue weighted by atomic mass is 10.3. The van der Waals surface area contributed by atoms with E-state index in [-0.39, 0.29) is 24.4 Å². The molecule has 3 N–H and O–H groups in total. The first-order valence-corrected chi connectivity index (χ1v) is 5.89. The normalized spacial score (nSPS) is 11.9. The summed E-state index contributed by atoms with van der Waals surface area (Å²) in [6.45, 7) is 7.27. The third-order valence-corrected chi connectivity index (χ3v) is 2.08. The fourth-order valence-corrected chi connectivity index (χ4v) is 1.07. The maximum absolute atomic E-state index is 11.4. The summed E-state index contributed by atoms with van der Waals surface area (Å²) in [5.74, 6) is -0.137. The Hall–Kier alpha value is -1.10. The van der Waals surface area contributed by atoms with Gasteiger partial charge >= 0.3 is 0 Å². The monoisotopic (exact) mass is 229 g/mol. The van der Waals surface area contributed by atoms with Gasteiger partial charge in [-0.25, -0.2) is 0 Å². The highest BCUT2D eigenvalue weighted by Gasteiger charge is 2.12. The number of hydrogen-bond donors (Lipinski definition) is 3. The number of carbonyl (C=O) groups is 2. The Morgan fingerprint density at radius 3 is 2.19 bits per heavy atom. The van der Waals surface area contributed by atoms with Gasteiger partial charge in [0, 0.05) is 13.1 Å². The van der Waals surface area contributed by atoms with Crippen molar-refractivity contribution in [3.63, 3.8) is 0 Å². The van der Waals surface area contributed by atoms with E-state index in [9.17, 15) is 9.59 Å². The minimum atomic E-state index is -0.334. The zero-order valence-corrected chi connectivity index (χ0v) is 10.4. The molecule has 0 aromatic carbocycles. The van der Waals surface area contributed by atoms with E-state index in [1.807, 2.05) is 13.8 Å². The summed E-state index contributed by atoms with van der Waals surface area (Å²) in [5.41, 5.74) is 0. The van der Waals surface area contributed by atoms with Crippen LogP contribution in [0.2, 0.25) is 0 Å². The fraction of sp³-hybridized carbons (Fsp3) is 0.818. The standard InChI is InChI=1S/C11H23N3O2/c1-4-6-12-10(15)8-14-9(3)11(16)13-7-5-2/h9,14H,4-8H2,1-3H3,(H,12,15)(H,13,16). The lowest BCUT2D eigenvalue weighted by molar-refractivity contribution is -0.123. The number of hydrogen-bond acceptors (Lipinski definition) is 3. The second-order valence-electron chi connectivity index (χ2n) is 3.74. The van der Waals surface area contributed by atoms with E-state index in [1.165, 1.54) is 0 Å². The molecule has 0 heterocycles. The van der Waals surface area contributed by atoms with Crippen LogP contribution in [0.4, 0.5) is 0 Å². The van der Waals surface area contributed by atoms with Crippen molar-refractivity contribution in [3.8, 4) is 0 Å². The molecule has 94 valence electrons. The molecule has 0 aliphatic rings. The summed E-state index contributed by atoms with van der Waals surface area (Å²) in [6.07, 6.45) is 1.83. The maximum atomic E-state index is 11.4. The Kier molecular flexibility index (Phi) is 8.52. The van der Waals surface area contributed by atoms with Gasteiger partial charge in [-0.15, -0.1) is 0 Å².